The number of nitrogens with two attached hydrogens (primary N) is 1. The van der Waals surface area contributed by atoms with Crippen LogP contribution in [0.5, 0.6) is 0 Å². The van der Waals surface area contributed by atoms with E-state index >= 15 is 0 Å². The van der Waals surface area contributed by atoms with E-state index in [0.717, 1.165) is 51.8 Å². The molecule has 32 heavy (non-hydrogen) atoms. The van der Waals surface area contributed by atoms with Crippen molar-refractivity contribution in [2.45, 2.75) is 13.0 Å². The molecule has 2 aliphatic heterocycles. The lowest BCUT2D eigenvalue weighted by molar-refractivity contribution is -0.125. The van der Waals surface area contributed by atoms with Gasteiger partial charge >= 0.3 is 0 Å². The molecular formula is C24H20N4O3S. The van der Waals surface area contributed by atoms with Crippen molar-refractivity contribution in [2.24, 2.45) is 0 Å². The molecule has 1 saturated heterocycles. The van der Waals surface area contributed by atoms with Crippen molar-refractivity contribution < 1.29 is 14.4 Å². The third kappa shape index (κ3) is 3.92. The molecule has 0 spiro atoms. The minimum Gasteiger partial charge on any atom is -0.399 e. The van der Waals surface area contributed by atoms with Crippen LogP contribution in [0.1, 0.15) is 27.9 Å². The van der Waals surface area contributed by atoms with Gasteiger partial charge in [0.05, 0.1) is 17.9 Å². The Morgan fingerprint density at radius 1 is 1.00 bits per heavy atom. The number of rotatable bonds is 5. The Balaban J connectivity index is 1.38. The molecule has 3 heterocycles. The summed E-state index contributed by atoms with van der Waals surface area (Å²) >= 11 is 1.01. The number of nitrogens with zero attached hydrogens (tertiary/aromatic N) is 1. The highest BCUT2D eigenvalue weighted by Gasteiger charge is 2.31. The number of amides is 3. The Kier molecular flexibility index (Phi) is 5.07. The number of hydrogen-bond donors (Lipinski definition) is 3. The second-order valence-electron chi connectivity index (χ2n) is 7.81. The number of nitrogens with one attached hydrogen (secondary N) is 2. The number of thioether (sulfide) groups is 1. The first-order valence-electron chi connectivity index (χ1n) is 10.1. The molecule has 3 aromatic rings. The van der Waals surface area contributed by atoms with Crippen LogP contribution in [0.4, 0.5) is 16.2 Å². The van der Waals surface area contributed by atoms with Gasteiger partial charge in [-0.05, 0) is 59.5 Å². The largest absolute Gasteiger partial charge is 0.399 e. The molecule has 0 unspecified atom stereocenters. The normalized spacial score (nSPS) is 16.7. The van der Waals surface area contributed by atoms with E-state index in [1.54, 1.807) is 0 Å². The molecule has 1 fully saturated rings. The Labute approximate surface area is 188 Å². The van der Waals surface area contributed by atoms with E-state index in [1.165, 1.54) is 4.90 Å². The quantitative estimate of drug-likeness (QED) is 0.409. The predicted molar refractivity (Wildman–Crippen MR) is 126 cm³/mol. The summed E-state index contributed by atoms with van der Waals surface area (Å²) in [5.74, 6) is -0.193. The van der Waals surface area contributed by atoms with Gasteiger partial charge in [0.1, 0.15) is 0 Å². The van der Waals surface area contributed by atoms with E-state index in [9.17, 15) is 14.4 Å². The maximum absolute atomic E-state index is 12.6. The van der Waals surface area contributed by atoms with E-state index in [0.29, 0.717) is 11.3 Å². The van der Waals surface area contributed by atoms with Crippen LogP contribution in [-0.2, 0) is 22.6 Å². The zero-order valence-electron chi connectivity index (χ0n) is 17.1. The Hall–Kier alpha value is -3.78. The molecule has 0 bridgehead atoms. The molecule has 160 valence electrons. The molecule has 0 radical (unpaired) electrons. The summed E-state index contributed by atoms with van der Waals surface area (Å²) in [5, 5.41) is 2.64. The molecule has 8 heteroatoms. The monoisotopic (exact) mass is 444 g/mol. The summed E-state index contributed by atoms with van der Waals surface area (Å²) in [6.45, 7) is 0.202. The van der Waals surface area contributed by atoms with Crippen molar-refractivity contribution >= 4 is 51.8 Å². The predicted octanol–water partition coefficient (Wildman–Crippen LogP) is 3.88. The fourth-order valence-electron chi connectivity index (χ4n) is 3.86. The smallest absolute Gasteiger partial charge is 0.289 e. The van der Waals surface area contributed by atoms with Crippen LogP contribution >= 0.6 is 11.8 Å². The highest BCUT2D eigenvalue weighted by atomic mass is 32.2. The Bertz CT molecular complexity index is 1260. The lowest BCUT2D eigenvalue weighted by Crippen LogP contribution is -2.27. The SMILES string of the molecule is Nc1ccc(Cc2c[nH]c(C=C3C(=O)Nc4ccc(CN5C(=O)CSC5=O)cc43)c2)cc1. The molecule has 4 N–H and O–H groups in total. The summed E-state index contributed by atoms with van der Waals surface area (Å²) in [6, 6.07) is 15.3. The molecule has 1 aromatic heterocycles. The maximum Gasteiger partial charge on any atom is 0.289 e. The molecule has 0 saturated carbocycles. The zero-order valence-corrected chi connectivity index (χ0v) is 17.9. The van der Waals surface area contributed by atoms with Gasteiger partial charge in [0, 0.05) is 28.8 Å². The topological polar surface area (TPSA) is 108 Å². The standard InChI is InChI=1S/C24H20N4O3S/c25-17-4-1-14(2-5-17)7-16-8-18(26-11-16)10-20-19-9-15(3-6-21(19)27-23(20)30)12-28-22(29)13-32-24(28)31/h1-6,8-11,26H,7,12-13,25H2,(H,27,30). The van der Waals surface area contributed by atoms with Crippen LogP contribution in [-0.4, -0.2) is 32.7 Å². The number of hydrogen-bond acceptors (Lipinski definition) is 5. The van der Waals surface area contributed by atoms with Crippen molar-refractivity contribution in [1.82, 2.24) is 9.88 Å². The van der Waals surface area contributed by atoms with Crippen molar-refractivity contribution in [3.63, 3.8) is 0 Å². The minimum absolute atomic E-state index is 0.181. The molecular weight excluding hydrogens is 424 g/mol. The van der Waals surface area contributed by atoms with Gasteiger partial charge in [-0.25, -0.2) is 0 Å². The molecule has 2 aromatic carbocycles. The number of carbonyl (C=O) groups is 3. The lowest BCUT2D eigenvalue weighted by atomic mass is 10.0. The van der Waals surface area contributed by atoms with Gasteiger partial charge in [0.2, 0.25) is 5.91 Å². The van der Waals surface area contributed by atoms with E-state index in [-0.39, 0.29) is 29.4 Å². The summed E-state index contributed by atoms with van der Waals surface area (Å²) in [5.41, 5.74) is 12.4. The molecule has 7 nitrogen and oxygen atoms in total. The third-order valence-electron chi connectivity index (χ3n) is 5.50. The fourth-order valence-corrected chi connectivity index (χ4v) is 4.59. The van der Waals surface area contributed by atoms with Gasteiger partial charge in [0.15, 0.2) is 0 Å². The second-order valence-corrected chi connectivity index (χ2v) is 8.73. The van der Waals surface area contributed by atoms with Crippen molar-refractivity contribution in [3.05, 3.63) is 82.7 Å². The highest BCUT2D eigenvalue weighted by molar-refractivity contribution is 8.14. The molecule has 0 atom stereocenters. The van der Waals surface area contributed by atoms with Crippen LogP contribution in [0.3, 0.4) is 0 Å². The number of benzene rings is 2. The first-order valence-corrected chi connectivity index (χ1v) is 11.1. The van der Waals surface area contributed by atoms with Crippen LogP contribution < -0.4 is 11.1 Å². The highest BCUT2D eigenvalue weighted by Crippen LogP contribution is 2.34. The summed E-state index contributed by atoms with van der Waals surface area (Å²) in [4.78, 5) is 40.9. The van der Waals surface area contributed by atoms with Crippen molar-refractivity contribution in [1.29, 1.82) is 0 Å². The molecule has 3 amide bonds. The van der Waals surface area contributed by atoms with Gasteiger partial charge in [-0.1, -0.05) is 30.0 Å². The Morgan fingerprint density at radius 3 is 2.53 bits per heavy atom. The number of H-pyrrole nitrogens is 1. The van der Waals surface area contributed by atoms with Gasteiger partial charge < -0.3 is 16.0 Å². The maximum atomic E-state index is 12.6. The fraction of sp³-hybridized carbons (Fsp3) is 0.125. The number of aromatic nitrogens is 1. The molecule has 0 aliphatic carbocycles. The zero-order chi connectivity index (χ0) is 22.2. The first kappa shape index (κ1) is 20.1. The first-order chi connectivity index (χ1) is 15.5. The number of fused-ring (bicyclic) bond motifs is 1. The average Bonchev–Trinajstić information content (AvgIpc) is 3.44. The van der Waals surface area contributed by atoms with Gasteiger partial charge in [0.25, 0.3) is 11.1 Å². The minimum atomic E-state index is -0.236. The van der Waals surface area contributed by atoms with E-state index in [4.69, 9.17) is 5.73 Å². The number of carbonyl (C=O) groups excluding carboxylic acids is 3. The van der Waals surface area contributed by atoms with Crippen LogP contribution in [0.15, 0.2) is 54.7 Å². The van der Waals surface area contributed by atoms with Gasteiger partial charge in [-0.3, -0.25) is 19.3 Å². The van der Waals surface area contributed by atoms with E-state index < -0.39 is 0 Å². The van der Waals surface area contributed by atoms with E-state index in [2.05, 4.69) is 10.3 Å². The number of nitrogen functional groups attached to an aromatic ring is 1. The summed E-state index contributed by atoms with van der Waals surface area (Å²) in [7, 11) is 0. The third-order valence-corrected chi connectivity index (χ3v) is 6.36. The van der Waals surface area contributed by atoms with Crippen molar-refractivity contribution in [2.75, 3.05) is 16.8 Å². The average molecular weight is 445 g/mol. The summed E-state index contributed by atoms with van der Waals surface area (Å²) < 4.78 is 0. The van der Waals surface area contributed by atoms with Gasteiger partial charge in [-0.2, -0.15) is 0 Å². The van der Waals surface area contributed by atoms with Crippen LogP contribution in [0.2, 0.25) is 0 Å². The summed E-state index contributed by atoms with van der Waals surface area (Å²) in [6.07, 6.45) is 4.50. The number of anilines is 2. The molecule has 2 aliphatic rings. The van der Waals surface area contributed by atoms with Gasteiger partial charge in [-0.15, -0.1) is 0 Å². The van der Waals surface area contributed by atoms with Crippen molar-refractivity contribution in [3.8, 4) is 0 Å². The van der Waals surface area contributed by atoms with Crippen LogP contribution in [0, 0.1) is 0 Å². The van der Waals surface area contributed by atoms with Crippen LogP contribution in [0.25, 0.3) is 11.6 Å². The Morgan fingerprint density at radius 2 is 1.78 bits per heavy atom. The number of imide groups is 1. The lowest BCUT2D eigenvalue weighted by Gasteiger charge is -2.13. The van der Waals surface area contributed by atoms with E-state index in [1.807, 2.05) is 60.8 Å². The second kappa shape index (κ2) is 8.05. The number of aromatic amines is 1. The molecule has 5 rings (SSSR count).